The molecule has 18 heavy (non-hydrogen) atoms. The van der Waals surface area contributed by atoms with E-state index in [1.165, 1.54) is 0 Å². The van der Waals surface area contributed by atoms with Gasteiger partial charge in [0.25, 0.3) is 5.91 Å². The van der Waals surface area contributed by atoms with Crippen LogP contribution in [0, 0.1) is 0 Å². The predicted molar refractivity (Wildman–Crippen MR) is 66.4 cm³/mol. The fourth-order valence-electron chi connectivity index (χ4n) is 2.17. The van der Waals surface area contributed by atoms with Crippen molar-refractivity contribution in [2.45, 2.75) is 45.3 Å². The van der Waals surface area contributed by atoms with E-state index in [1.54, 1.807) is 11.9 Å². The number of hydrogen-bond donors (Lipinski definition) is 1. The molecule has 0 radical (unpaired) electrons. The Labute approximate surface area is 107 Å². The topological polar surface area (TPSA) is 71.1 Å². The highest BCUT2D eigenvalue weighted by Gasteiger charge is 2.32. The molecule has 2 heterocycles. The lowest BCUT2D eigenvalue weighted by Crippen LogP contribution is -2.41. The molecule has 0 bridgehead atoms. The van der Waals surface area contributed by atoms with E-state index in [1.807, 2.05) is 20.8 Å². The largest absolute Gasteiger partial charge is 0.376 e. The van der Waals surface area contributed by atoms with Gasteiger partial charge in [-0.3, -0.25) is 9.89 Å². The average molecular weight is 252 g/mol. The summed E-state index contributed by atoms with van der Waals surface area (Å²) in [5, 5.41) is 6.79. The standard InChI is InChI=1S/C12H20N4O2/c1-7(2)10-13-11(15-14-10)12(17)16(4)9-5-6-18-8(9)3/h7-9H,5-6H2,1-4H3,(H,13,14,15). The van der Waals surface area contributed by atoms with Gasteiger partial charge in [0, 0.05) is 19.6 Å². The van der Waals surface area contributed by atoms with Crippen LogP contribution >= 0.6 is 0 Å². The summed E-state index contributed by atoms with van der Waals surface area (Å²) in [5.41, 5.74) is 0. The molecule has 1 amide bonds. The van der Waals surface area contributed by atoms with Crippen molar-refractivity contribution in [1.29, 1.82) is 0 Å². The third kappa shape index (κ3) is 2.38. The number of aromatic amines is 1. The van der Waals surface area contributed by atoms with E-state index in [9.17, 15) is 4.79 Å². The molecular formula is C12H20N4O2. The Hall–Kier alpha value is -1.43. The first kappa shape index (κ1) is 13.0. The molecule has 1 N–H and O–H groups in total. The Bertz CT molecular complexity index is 429. The van der Waals surface area contributed by atoms with Crippen LogP contribution in [0.4, 0.5) is 0 Å². The quantitative estimate of drug-likeness (QED) is 0.876. The fraction of sp³-hybridized carbons (Fsp3) is 0.750. The molecule has 1 aliphatic heterocycles. The maximum absolute atomic E-state index is 12.2. The summed E-state index contributed by atoms with van der Waals surface area (Å²) >= 11 is 0. The molecule has 6 nitrogen and oxygen atoms in total. The van der Waals surface area contributed by atoms with E-state index < -0.39 is 0 Å². The summed E-state index contributed by atoms with van der Waals surface area (Å²) < 4.78 is 5.47. The normalized spacial score (nSPS) is 23.6. The minimum atomic E-state index is -0.152. The smallest absolute Gasteiger partial charge is 0.293 e. The van der Waals surface area contributed by atoms with Crippen molar-refractivity contribution in [3.63, 3.8) is 0 Å². The van der Waals surface area contributed by atoms with Gasteiger partial charge in [-0.2, -0.15) is 0 Å². The van der Waals surface area contributed by atoms with Crippen LogP contribution in [0.25, 0.3) is 0 Å². The zero-order valence-electron chi connectivity index (χ0n) is 11.3. The predicted octanol–water partition coefficient (Wildman–Crippen LogP) is 1.18. The monoisotopic (exact) mass is 252 g/mol. The van der Waals surface area contributed by atoms with E-state index in [4.69, 9.17) is 4.74 Å². The van der Waals surface area contributed by atoms with Crippen molar-refractivity contribution in [2.75, 3.05) is 13.7 Å². The van der Waals surface area contributed by atoms with Gasteiger partial charge in [0.15, 0.2) is 0 Å². The Balaban J connectivity index is 2.10. The van der Waals surface area contributed by atoms with Gasteiger partial charge in [0.2, 0.25) is 5.82 Å². The molecule has 1 aliphatic rings. The van der Waals surface area contributed by atoms with Gasteiger partial charge in [-0.25, -0.2) is 4.98 Å². The van der Waals surface area contributed by atoms with Gasteiger partial charge in [-0.1, -0.05) is 13.8 Å². The molecule has 1 aromatic heterocycles. The number of hydrogen-bond acceptors (Lipinski definition) is 4. The van der Waals surface area contributed by atoms with Crippen molar-refractivity contribution in [3.8, 4) is 0 Å². The Morgan fingerprint density at radius 2 is 2.28 bits per heavy atom. The maximum Gasteiger partial charge on any atom is 0.293 e. The number of nitrogens with zero attached hydrogens (tertiary/aromatic N) is 3. The van der Waals surface area contributed by atoms with Gasteiger partial charge in [-0.15, -0.1) is 5.10 Å². The van der Waals surface area contributed by atoms with Crippen LogP contribution in [-0.4, -0.2) is 51.8 Å². The van der Waals surface area contributed by atoms with Crippen molar-refractivity contribution in [3.05, 3.63) is 11.6 Å². The second-order valence-corrected chi connectivity index (χ2v) is 5.05. The van der Waals surface area contributed by atoms with Crippen LogP contribution in [0.2, 0.25) is 0 Å². The SMILES string of the molecule is CC(C)c1nc(C(=O)N(C)C2CCOC2C)n[nH]1. The van der Waals surface area contributed by atoms with Gasteiger partial charge < -0.3 is 9.64 Å². The summed E-state index contributed by atoms with van der Waals surface area (Å²) in [6.07, 6.45) is 0.938. The van der Waals surface area contributed by atoms with E-state index >= 15 is 0 Å². The molecule has 2 atom stereocenters. The highest BCUT2D eigenvalue weighted by molar-refractivity contribution is 5.90. The molecule has 0 saturated carbocycles. The Morgan fingerprint density at radius 1 is 1.56 bits per heavy atom. The van der Waals surface area contributed by atoms with E-state index in [-0.39, 0.29) is 29.8 Å². The second-order valence-electron chi connectivity index (χ2n) is 5.05. The van der Waals surface area contributed by atoms with Crippen LogP contribution in [-0.2, 0) is 4.74 Å². The van der Waals surface area contributed by atoms with Gasteiger partial charge in [-0.05, 0) is 13.3 Å². The number of rotatable bonds is 3. The third-order valence-electron chi connectivity index (χ3n) is 3.39. The second kappa shape index (κ2) is 5.06. The van der Waals surface area contributed by atoms with Crippen LogP contribution in [0.1, 0.15) is 49.6 Å². The van der Waals surface area contributed by atoms with Crippen molar-refractivity contribution in [1.82, 2.24) is 20.1 Å². The number of aromatic nitrogens is 3. The molecule has 100 valence electrons. The zero-order valence-corrected chi connectivity index (χ0v) is 11.3. The fourth-order valence-corrected chi connectivity index (χ4v) is 2.17. The van der Waals surface area contributed by atoms with Crippen LogP contribution in [0.15, 0.2) is 0 Å². The van der Waals surface area contributed by atoms with E-state index in [0.717, 1.165) is 12.2 Å². The minimum Gasteiger partial charge on any atom is -0.376 e. The molecule has 1 aromatic rings. The van der Waals surface area contributed by atoms with Gasteiger partial charge in [0.05, 0.1) is 12.1 Å². The number of amides is 1. The molecule has 0 aliphatic carbocycles. The first-order chi connectivity index (χ1) is 8.50. The summed E-state index contributed by atoms with van der Waals surface area (Å²) in [7, 11) is 1.78. The molecule has 0 aromatic carbocycles. The molecule has 1 fully saturated rings. The summed E-state index contributed by atoms with van der Waals surface area (Å²) in [5.74, 6) is 1.06. The molecular weight excluding hydrogens is 232 g/mol. The highest BCUT2D eigenvalue weighted by Crippen LogP contribution is 2.19. The maximum atomic E-state index is 12.2. The Kier molecular flexibility index (Phi) is 3.65. The average Bonchev–Trinajstić information content (AvgIpc) is 2.95. The highest BCUT2D eigenvalue weighted by atomic mass is 16.5. The number of carbonyl (C=O) groups excluding carboxylic acids is 1. The number of H-pyrrole nitrogens is 1. The van der Waals surface area contributed by atoms with Crippen molar-refractivity contribution < 1.29 is 9.53 Å². The number of carbonyl (C=O) groups is 1. The summed E-state index contributed by atoms with van der Waals surface area (Å²) in [6.45, 7) is 6.70. The van der Waals surface area contributed by atoms with E-state index in [2.05, 4.69) is 15.2 Å². The molecule has 1 saturated heterocycles. The number of ether oxygens (including phenoxy) is 1. The van der Waals surface area contributed by atoms with Crippen molar-refractivity contribution >= 4 is 5.91 Å². The number of nitrogens with one attached hydrogen (secondary N) is 1. The Morgan fingerprint density at radius 3 is 2.78 bits per heavy atom. The lowest BCUT2D eigenvalue weighted by molar-refractivity contribution is 0.0565. The van der Waals surface area contributed by atoms with Crippen LogP contribution in [0.3, 0.4) is 0 Å². The molecule has 2 rings (SSSR count). The molecule has 2 unspecified atom stereocenters. The lowest BCUT2D eigenvalue weighted by atomic mass is 10.1. The molecule has 0 spiro atoms. The lowest BCUT2D eigenvalue weighted by Gasteiger charge is -2.25. The summed E-state index contributed by atoms with van der Waals surface area (Å²) in [4.78, 5) is 18.2. The van der Waals surface area contributed by atoms with E-state index in [0.29, 0.717) is 6.61 Å². The van der Waals surface area contributed by atoms with Gasteiger partial charge in [0.1, 0.15) is 5.82 Å². The van der Waals surface area contributed by atoms with Gasteiger partial charge >= 0.3 is 0 Å². The number of likely N-dealkylation sites (N-methyl/N-ethyl adjacent to an activating group) is 1. The van der Waals surface area contributed by atoms with Crippen LogP contribution in [0.5, 0.6) is 0 Å². The zero-order chi connectivity index (χ0) is 13.3. The first-order valence-electron chi connectivity index (χ1n) is 6.31. The van der Waals surface area contributed by atoms with Crippen molar-refractivity contribution in [2.24, 2.45) is 0 Å². The summed E-state index contributed by atoms with van der Waals surface area (Å²) in [6, 6.07) is 0.110. The minimum absolute atomic E-state index is 0.0717. The molecule has 6 heteroatoms. The van der Waals surface area contributed by atoms with Crippen LogP contribution < -0.4 is 0 Å². The third-order valence-corrected chi connectivity index (χ3v) is 3.39. The first-order valence-corrected chi connectivity index (χ1v) is 6.31.